The van der Waals surface area contributed by atoms with E-state index in [0.717, 1.165) is 11.1 Å². The van der Waals surface area contributed by atoms with Crippen molar-refractivity contribution in [2.24, 2.45) is 0 Å². The Morgan fingerprint density at radius 2 is 1.76 bits per heavy atom. The first-order chi connectivity index (χ1) is 13.4. The third-order valence-corrected chi connectivity index (χ3v) is 6.26. The van der Waals surface area contributed by atoms with Gasteiger partial charge in [-0.2, -0.15) is 0 Å². The zero-order valence-electron chi connectivity index (χ0n) is 17.7. The van der Waals surface area contributed by atoms with Crippen LogP contribution in [-0.4, -0.2) is 56.6 Å². The van der Waals surface area contributed by atoms with Crippen molar-refractivity contribution in [1.82, 2.24) is 14.9 Å². The molecule has 9 heteroatoms. The summed E-state index contributed by atoms with van der Waals surface area (Å²) in [5.41, 5.74) is 1.33. The average molecular weight is 426 g/mol. The number of amides is 2. The molecule has 29 heavy (non-hydrogen) atoms. The minimum Gasteiger partial charge on any atom is -0.444 e. The first-order valence-corrected chi connectivity index (χ1v) is 11.2. The van der Waals surface area contributed by atoms with Gasteiger partial charge in [0.15, 0.2) is 0 Å². The molecule has 162 valence electrons. The summed E-state index contributed by atoms with van der Waals surface area (Å²) in [5, 5.41) is 2.45. The summed E-state index contributed by atoms with van der Waals surface area (Å²) in [6, 6.07) is 4.83. The fraction of sp³-hybridized carbons (Fsp3) is 0.600. The third kappa shape index (κ3) is 7.01. The molecule has 2 amide bonds. The summed E-state index contributed by atoms with van der Waals surface area (Å²) >= 11 is 0. The summed E-state index contributed by atoms with van der Waals surface area (Å²) in [6.07, 6.45) is 0.395. The number of nitrogens with zero attached hydrogens (tertiary/aromatic N) is 1. The molecule has 1 aliphatic heterocycles. The number of benzene rings is 1. The lowest BCUT2D eigenvalue weighted by Crippen LogP contribution is -2.49. The van der Waals surface area contributed by atoms with Crippen molar-refractivity contribution in [2.45, 2.75) is 64.0 Å². The molecule has 0 bridgehead atoms. The van der Waals surface area contributed by atoms with Gasteiger partial charge in [0.05, 0.1) is 4.90 Å². The van der Waals surface area contributed by atoms with E-state index in [2.05, 4.69) is 10.0 Å². The molecular formula is C20H31N3O5S. The lowest BCUT2D eigenvalue weighted by Gasteiger charge is -2.32. The van der Waals surface area contributed by atoms with Crippen LogP contribution in [0.4, 0.5) is 4.79 Å². The van der Waals surface area contributed by atoms with Crippen molar-refractivity contribution in [3.63, 3.8) is 0 Å². The molecule has 1 heterocycles. The van der Waals surface area contributed by atoms with E-state index < -0.39 is 21.7 Å². The Balaban J connectivity index is 1.83. The second-order valence-corrected chi connectivity index (χ2v) is 10.1. The Labute approximate surface area is 173 Å². The zero-order chi connectivity index (χ0) is 21.8. The standard InChI is InChI=1S/C20H31N3O5S/c1-14-6-7-17(12-15(14)2)29(26,27)22-16-8-10-23(11-9-16)18(24)13-21-19(25)28-20(3,4)5/h6-7,12,16,22H,8-11,13H2,1-5H3,(H,21,25). The summed E-state index contributed by atoms with van der Waals surface area (Å²) in [6.45, 7) is 9.76. The molecule has 0 unspecified atom stereocenters. The predicted molar refractivity (Wildman–Crippen MR) is 110 cm³/mol. The van der Waals surface area contributed by atoms with Gasteiger partial charge in [0.25, 0.3) is 0 Å². The first kappa shape index (κ1) is 23.2. The van der Waals surface area contributed by atoms with Crippen molar-refractivity contribution >= 4 is 22.0 Å². The number of alkyl carbamates (subject to hydrolysis) is 1. The van der Waals surface area contributed by atoms with E-state index in [1.165, 1.54) is 0 Å². The van der Waals surface area contributed by atoms with E-state index in [0.29, 0.717) is 25.9 Å². The highest BCUT2D eigenvalue weighted by Crippen LogP contribution is 2.18. The highest BCUT2D eigenvalue weighted by Gasteiger charge is 2.27. The number of hydrogen-bond acceptors (Lipinski definition) is 5. The molecule has 2 rings (SSSR count). The highest BCUT2D eigenvalue weighted by molar-refractivity contribution is 7.89. The maximum atomic E-state index is 12.6. The van der Waals surface area contributed by atoms with Crippen LogP contribution in [0.15, 0.2) is 23.1 Å². The van der Waals surface area contributed by atoms with Crippen LogP contribution < -0.4 is 10.0 Å². The van der Waals surface area contributed by atoms with Crippen LogP contribution in [0, 0.1) is 13.8 Å². The number of carbonyl (C=O) groups is 2. The van der Waals surface area contributed by atoms with E-state index in [4.69, 9.17) is 4.74 Å². The smallest absolute Gasteiger partial charge is 0.408 e. The van der Waals surface area contributed by atoms with Gasteiger partial charge in [-0.25, -0.2) is 17.9 Å². The summed E-state index contributed by atoms with van der Waals surface area (Å²) < 4.78 is 33.1. The van der Waals surface area contributed by atoms with E-state index in [9.17, 15) is 18.0 Å². The molecule has 1 aromatic carbocycles. The highest BCUT2D eigenvalue weighted by atomic mass is 32.2. The van der Waals surface area contributed by atoms with Crippen molar-refractivity contribution in [3.05, 3.63) is 29.3 Å². The topological polar surface area (TPSA) is 105 Å². The van der Waals surface area contributed by atoms with E-state index in [1.54, 1.807) is 43.9 Å². The Morgan fingerprint density at radius 3 is 2.31 bits per heavy atom. The number of piperidine rings is 1. The van der Waals surface area contributed by atoms with Crippen LogP contribution in [0.25, 0.3) is 0 Å². The molecular weight excluding hydrogens is 394 g/mol. The van der Waals surface area contributed by atoms with Crippen LogP contribution in [0.3, 0.4) is 0 Å². The number of ether oxygens (including phenoxy) is 1. The summed E-state index contributed by atoms with van der Waals surface area (Å²) in [4.78, 5) is 25.8. The van der Waals surface area contributed by atoms with Gasteiger partial charge in [-0.1, -0.05) is 6.07 Å². The lowest BCUT2D eigenvalue weighted by molar-refractivity contribution is -0.131. The molecule has 0 radical (unpaired) electrons. The van der Waals surface area contributed by atoms with Gasteiger partial charge in [0.1, 0.15) is 12.1 Å². The van der Waals surface area contributed by atoms with E-state index >= 15 is 0 Å². The fourth-order valence-electron chi connectivity index (χ4n) is 2.99. The van der Waals surface area contributed by atoms with Gasteiger partial charge in [0, 0.05) is 19.1 Å². The van der Waals surface area contributed by atoms with Gasteiger partial charge in [-0.15, -0.1) is 0 Å². The first-order valence-electron chi connectivity index (χ1n) is 9.71. The minimum absolute atomic E-state index is 0.145. The quantitative estimate of drug-likeness (QED) is 0.752. The van der Waals surface area contributed by atoms with Gasteiger partial charge in [0.2, 0.25) is 15.9 Å². The Morgan fingerprint density at radius 1 is 1.14 bits per heavy atom. The maximum absolute atomic E-state index is 12.6. The van der Waals surface area contributed by atoms with Crippen LogP contribution in [-0.2, 0) is 19.6 Å². The number of nitrogens with one attached hydrogen (secondary N) is 2. The summed E-state index contributed by atoms with van der Waals surface area (Å²) in [5.74, 6) is -0.216. The van der Waals surface area contributed by atoms with Crippen LogP contribution in [0.5, 0.6) is 0 Å². The third-order valence-electron chi connectivity index (χ3n) is 4.74. The van der Waals surface area contributed by atoms with Crippen molar-refractivity contribution in [1.29, 1.82) is 0 Å². The van der Waals surface area contributed by atoms with Gasteiger partial charge >= 0.3 is 6.09 Å². The number of aryl methyl sites for hydroxylation is 2. The molecule has 2 N–H and O–H groups in total. The largest absolute Gasteiger partial charge is 0.444 e. The second kappa shape index (κ2) is 9.13. The second-order valence-electron chi connectivity index (χ2n) is 8.38. The van der Waals surface area contributed by atoms with Gasteiger partial charge in [-0.3, -0.25) is 4.79 Å². The van der Waals surface area contributed by atoms with E-state index in [-0.39, 0.29) is 23.4 Å². The number of carbonyl (C=O) groups excluding carboxylic acids is 2. The molecule has 0 spiro atoms. The van der Waals surface area contributed by atoms with Gasteiger partial charge in [-0.05, 0) is 70.7 Å². The van der Waals surface area contributed by atoms with Crippen LogP contribution >= 0.6 is 0 Å². The molecule has 0 atom stereocenters. The molecule has 0 aliphatic carbocycles. The Bertz CT molecular complexity index is 853. The van der Waals surface area contributed by atoms with Crippen LogP contribution in [0.1, 0.15) is 44.7 Å². The van der Waals surface area contributed by atoms with Gasteiger partial charge < -0.3 is 15.0 Å². The molecule has 1 fully saturated rings. The zero-order valence-corrected chi connectivity index (χ0v) is 18.6. The van der Waals surface area contributed by atoms with Crippen molar-refractivity contribution in [2.75, 3.05) is 19.6 Å². The SMILES string of the molecule is Cc1ccc(S(=O)(=O)NC2CCN(C(=O)CNC(=O)OC(C)(C)C)CC2)cc1C. The Kier molecular flexibility index (Phi) is 7.29. The predicted octanol–water partition coefficient (Wildman–Crippen LogP) is 2.10. The normalized spacial score (nSPS) is 15.8. The number of likely N-dealkylation sites (tertiary alicyclic amines) is 1. The van der Waals surface area contributed by atoms with E-state index in [1.807, 2.05) is 13.8 Å². The van der Waals surface area contributed by atoms with Crippen molar-refractivity contribution < 1.29 is 22.7 Å². The number of rotatable bonds is 5. The summed E-state index contributed by atoms with van der Waals surface area (Å²) in [7, 11) is -3.60. The maximum Gasteiger partial charge on any atom is 0.408 e. The molecule has 1 saturated heterocycles. The minimum atomic E-state index is -3.60. The molecule has 8 nitrogen and oxygen atoms in total. The molecule has 1 aliphatic rings. The molecule has 1 aromatic rings. The molecule has 0 saturated carbocycles. The monoisotopic (exact) mass is 425 g/mol. The number of sulfonamides is 1. The van der Waals surface area contributed by atoms with Crippen molar-refractivity contribution in [3.8, 4) is 0 Å². The lowest BCUT2D eigenvalue weighted by atomic mass is 10.1. The fourth-order valence-corrected chi connectivity index (χ4v) is 4.38. The molecule has 0 aromatic heterocycles. The number of hydrogen-bond donors (Lipinski definition) is 2. The average Bonchev–Trinajstić information content (AvgIpc) is 2.60. The Hall–Kier alpha value is -2.13. The van der Waals surface area contributed by atoms with Crippen LogP contribution in [0.2, 0.25) is 0 Å².